The van der Waals surface area contributed by atoms with Gasteiger partial charge in [-0.15, -0.1) is 0 Å². The molecule has 0 spiro atoms. The summed E-state index contributed by atoms with van der Waals surface area (Å²) in [6, 6.07) is 11.1. The van der Waals surface area contributed by atoms with Crippen LogP contribution in [-0.4, -0.2) is 39.3 Å². The molecule has 1 atom stereocenters. The average Bonchev–Trinajstić information content (AvgIpc) is 3.08. The number of carbonyl (C=O) groups excluding carboxylic acids is 3. The van der Waals surface area contributed by atoms with Crippen LogP contribution in [0, 0.1) is 13.8 Å². The molecule has 1 aliphatic heterocycles. The number of hydrogen-bond donors (Lipinski definition) is 1. The van der Waals surface area contributed by atoms with Crippen LogP contribution in [0.25, 0.3) is 5.69 Å². The molecule has 1 saturated heterocycles. The zero-order valence-corrected chi connectivity index (χ0v) is 16.9. The Balaban J connectivity index is 1.83. The van der Waals surface area contributed by atoms with Gasteiger partial charge in [0.1, 0.15) is 5.54 Å². The first-order valence-electron chi connectivity index (χ1n) is 9.70. The van der Waals surface area contributed by atoms with Crippen molar-refractivity contribution >= 4 is 17.7 Å². The van der Waals surface area contributed by atoms with Gasteiger partial charge in [0, 0.05) is 22.6 Å². The molecule has 2 heterocycles. The van der Waals surface area contributed by atoms with E-state index in [2.05, 4.69) is 5.32 Å². The Morgan fingerprint density at radius 2 is 1.82 bits per heavy atom. The third-order valence-corrected chi connectivity index (χ3v) is 5.42. The summed E-state index contributed by atoms with van der Waals surface area (Å²) in [6.45, 7) is 7.34. The van der Waals surface area contributed by atoms with Gasteiger partial charge in [-0.05, 0) is 45.4 Å². The van der Waals surface area contributed by atoms with Crippen molar-refractivity contribution in [3.63, 3.8) is 0 Å². The number of urea groups is 1. The number of nitrogens with one attached hydrogen (secondary N) is 1. The molecule has 0 aliphatic carbocycles. The molecule has 148 valence electrons. The first kappa shape index (κ1) is 19.9. The second-order valence-electron chi connectivity index (χ2n) is 7.64. The molecule has 0 bridgehead atoms. The van der Waals surface area contributed by atoms with E-state index in [1.807, 2.05) is 61.7 Å². The van der Waals surface area contributed by atoms with Crippen molar-refractivity contribution in [3.8, 4) is 5.69 Å². The SMILES string of the molecule is CCCCC1(C)NC(=O)N(CC(=O)c2cc(C)n(-c3ccccc3)c2C)C1=O. The molecule has 3 rings (SSSR count). The molecule has 3 amide bonds. The third kappa shape index (κ3) is 3.46. The van der Waals surface area contributed by atoms with Crippen LogP contribution >= 0.6 is 0 Å². The van der Waals surface area contributed by atoms with Crippen LogP contribution in [0.2, 0.25) is 0 Å². The Morgan fingerprint density at radius 1 is 1.14 bits per heavy atom. The van der Waals surface area contributed by atoms with Crippen LogP contribution in [-0.2, 0) is 4.79 Å². The predicted molar refractivity (Wildman–Crippen MR) is 108 cm³/mol. The van der Waals surface area contributed by atoms with Gasteiger partial charge in [-0.2, -0.15) is 0 Å². The summed E-state index contributed by atoms with van der Waals surface area (Å²) in [4.78, 5) is 39.1. The van der Waals surface area contributed by atoms with Gasteiger partial charge in [-0.3, -0.25) is 14.5 Å². The van der Waals surface area contributed by atoms with Crippen molar-refractivity contribution in [2.75, 3.05) is 6.54 Å². The molecule has 1 aromatic heterocycles. The van der Waals surface area contributed by atoms with E-state index < -0.39 is 11.6 Å². The zero-order valence-electron chi connectivity index (χ0n) is 16.9. The molecule has 1 N–H and O–H groups in total. The number of hydrogen-bond acceptors (Lipinski definition) is 3. The lowest BCUT2D eigenvalue weighted by Crippen LogP contribution is -2.44. The summed E-state index contributed by atoms with van der Waals surface area (Å²) in [5.74, 6) is -0.560. The van der Waals surface area contributed by atoms with Gasteiger partial charge in [0.15, 0.2) is 5.78 Å². The van der Waals surface area contributed by atoms with Crippen molar-refractivity contribution < 1.29 is 14.4 Å². The summed E-state index contributed by atoms with van der Waals surface area (Å²) < 4.78 is 2.00. The fraction of sp³-hybridized carbons (Fsp3) is 0.409. The van der Waals surface area contributed by atoms with Crippen LogP contribution < -0.4 is 5.32 Å². The Kier molecular flexibility index (Phi) is 5.40. The second-order valence-corrected chi connectivity index (χ2v) is 7.64. The van der Waals surface area contributed by atoms with Gasteiger partial charge < -0.3 is 9.88 Å². The first-order chi connectivity index (χ1) is 13.3. The molecule has 2 aromatic rings. The normalized spacial score (nSPS) is 19.2. The number of carbonyl (C=O) groups is 3. The highest BCUT2D eigenvalue weighted by Gasteiger charge is 2.47. The maximum Gasteiger partial charge on any atom is 0.325 e. The zero-order chi connectivity index (χ0) is 20.5. The van der Waals surface area contributed by atoms with Crippen molar-refractivity contribution in [3.05, 3.63) is 53.3 Å². The smallest absolute Gasteiger partial charge is 0.323 e. The monoisotopic (exact) mass is 381 g/mol. The number of unbranched alkanes of at least 4 members (excludes halogenated alkanes) is 1. The van der Waals surface area contributed by atoms with Crippen LogP contribution in [0.1, 0.15) is 54.9 Å². The first-order valence-corrected chi connectivity index (χ1v) is 9.70. The van der Waals surface area contributed by atoms with Gasteiger partial charge in [0.25, 0.3) is 5.91 Å². The average molecular weight is 381 g/mol. The number of ketones is 1. The molecule has 0 radical (unpaired) electrons. The van der Waals surface area contributed by atoms with Gasteiger partial charge in [0.05, 0.1) is 6.54 Å². The lowest BCUT2D eigenvalue weighted by Gasteiger charge is -2.21. The van der Waals surface area contributed by atoms with Crippen molar-refractivity contribution in [2.24, 2.45) is 0 Å². The molecule has 1 aromatic carbocycles. The summed E-state index contributed by atoms with van der Waals surface area (Å²) in [5.41, 5.74) is 2.31. The lowest BCUT2D eigenvalue weighted by molar-refractivity contribution is -0.130. The highest BCUT2D eigenvalue weighted by molar-refractivity contribution is 6.11. The van der Waals surface area contributed by atoms with E-state index >= 15 is 0 Å². The molecule has 1 aliphatic rings. The van der Waals surface area contributed by atoms with E-state index in [4.69, 9.17) is 0 Å². The standard InChI is InChI=1S/C22H27N3O3/c1-5-6-12-22(4)20(27)24(21(28)23-22)14-19(26)18-13-15(2)25(16(18)3)17-10-8-7-9-11-17/h7-11,13H,5-6,12,14H2,1-4H3,(H,23,28). The molecule has 6 nitrogen and oxygen atoms in total. The molecule has 28 heavy (non-hydrogen) atoms. The molecular formula is C22H27N3O3. The molecule has 1 fully saturated rings. The number of aromatic nitrogens is 1. The molecule has 1 unspecified atom stereocenters. The topological polar surface area (TPSA) is 71.4 Å². The van der Waals surface area contributed by atoms with E-state index in [1.165, 1.54) is 0 Å². The third-order valence-electron chi connectivity index (χ3n) is 5.42. The number of nitrogens with zero attached hydrogens (tertiary/aromatic N) is 2. The minimum Gasteiger partial charge on any atom is -0.323 e. The van der Waals surface area contributed by atoms with Gasteiger partial charge in [-0.1, -0.05) is 38.0 Å². The van der Waals surface area contributed by atoms with E-state index in [0.717, 1.165) is 34.8 Å². The van der Waals surface area contributed by atoms with Crippen molar-refractivity contribution in [1.29, 1.82) is 0 Å². The Morgan fingerprint density at radius 3 is 2.46 bits per heavy atom. The predicted octanol–water partition coefficient (Wildman–Crippen LogP) is 3.78. The van der Waals surface area contributed by atoms with Crippen LogP contribution in [0.3, 0.4) is 0 Å². The maximum atomic E-state index is 12.9. The van der Waals surface area contributed by atoms with Crippen LogP contribution in [0.15, 0.2) is 36.4 Å². The Hall–Kier alpha value is -2.89. The molecule has 0 saturated carbocycles. The maximum absolute atomic E-state index is 12.9. The number of Topliss-reactive ketones (excluding diaryl/α,β-unsaturated/α-hetero) is 1. The fourth-order valence-corrected chi connectivity index (χ4v) is 3.84. The quantitative estimate of drug-likeness (QED) is 0.586. The highest BCUT2D eigenvalue weighted by Crippen LogP contribution is 2.25. The highest BCUT2D eigenvalue weighted by atomic mass is 16.2. The van der Waals surface area contributed by atoms with Crippen LogP contribution in [0.5, 0.6) is 0 Å². The number of amides is 3. The van der Waals surface area contributed by atoms with Gasteiger partial charge in [0.2, 0.25) is 0 Å². The van der Waals surface area contributed by atoms with Crippen LogP contribution in [0.4, 0.5) is 4.79 Å². The summed E-state index contributed by atoms with van der Waals surface area (Å²) in [7, 11) is 0. The number of para-hydroxylation sites is 1. The summed E-state index contributed by atoms with van der Waals surface area (Å²) in [6.07, 6.45) is 2.34. The Bertz CT molecular complexity index is 917. The fourth-order valence-electron chi connectivity index (χ4n) is 3.84. The number of benzene rings is 1. The van der Waals surface area contributed by atoms with Crippen molar-refractivity contribution in [2.45, 2.75) is 52.5 Å². The number of aryl methyl sites for hydroxylation is 1. The van der Waals surface area contributed by atoms with E-state index in [1.54, 1.807) is 6.92 Å². The molecular weight excluding hydrogens is 354 g/mol. The minimum atomic E-state index is -0.922. The summed E-state index contributed by atoms with van der Waals surface area (Å²) >= 11 is 0. The van der Waals surface area contributed by atoms with Gasteiger partial charge in [-0.25, -0.2) is 4.79 Å². The Labute approximate surface area is 165 Å². The number of rotatable bonds is 7. The minimum absolute atomic E-state index is 0.237. The van der Waals surface area contributed by atoms with E-state index in [9.17, 15) is 14.4 Å². The van der Waals surface area contributed by atoms with E-state index in [-0.39, 0.29) is 18.2 Å². The van der Waals surface area contributed by atoms with Gasteiger partial charge >= 0.3 is 6.03 Å². The lowest BCUT2D eigenvalue weighted by atomic mass is 9.95. The largest absolute Gasteiger partial charge is 0.325 e. The second kappa shape index (κ2) is 7.62. The molecule has 6 heteroatoms. The van der Waals surface area contributed by atoms with E-state index in [0.29, 0.717) is 12.0 Å². The summed E-state index contributed by atoms with van der Waals surface area (Å²) in [5, 5.41) is 2.76. The van der Waals surface area contributed by atoms with Crippen molar-refractivity contribution in [1.82, 2.24) is 14.8 Å². The number of imide groups is 1.